The molecule has 0 aliphatic heterocycles. The first-order chi connectivity index (χ1) is 20.5. The molecule has 0 fully saturated rings. The van der Waals surface area contributed by atoms with Crippen LogP contribution in [0.1, 0.15) is 33.0 Å². The molecule has 1 aliphatic rings. The van der Waals surface area contributed by atoms with Gasteiger partial charge in [0.15, 0.2) is 6.29 Å². The van der Waals surface area contributed by atoms with E-state index in [-0.39, 0.29) is 24.6 Å². The minimum absolute atomic E-state index is 0.0666. The molecule has 9 heteroatoms. The molecule has 0 radical (unpaired) electrons. The Morgan fingerprint density at radius 1 is 0.952 bits per heavy atom. The molecule has 0 saturated heterocycles. The fourth-order valence-electron chi connectivity index (χ4n) is 5.22. The number of aromatic amines is 1. The van der Waals surface area contributed by atoms with Crippen molar-refractivity contribution in [3.8, 4) is 22.3 Å². The Hall–Kier alpha value is -4.66. The van der Waals surface area contributed by atoms with E-state index in [0.29, 0.717) is 26.1 Å². The number of pyridine rings is 2. The maximum atomic E-state index is 13.1. The van der Waals surface area contributed by atoms with Crippen LogP contribution in [-0.4, -0.2) is 29.0 Å². The van der Waals surface area contributed by atoms with Gasteiger partial charge in [-0.1, -0.05) is 78.0 Å². The van der Waals surface area contributed by atoms with Crippen LogP contribution in [0.3, 0.4) is 0 Å². The number of hydrogen-bond donors (Lipinski definition) is 2. The summed E-state index contributed by atoms with van der Waals surface area (Å²) < 4.78 is 5.75. The lowest BCUT2D eigenvalue weighted by Gasteiger charge is -2.18. The van der Waals surface area contributed by atoms with Gasteiger partial charge in [-0.3, -0.25) is 9.59 Å². The van der Waals surface area contributed by atoms with Crippen LogP contribution in [0.4, 0.5) is 4.79 Å². The molecule has 0 spiro atoms. The molecule has 2 heterocycles. The van der Waals surface area contributed by atoms with Crippen LogP contribution in [0.5, 0.6) is 0 Å². The monoisotopic (exact) mass is 593 g/mol. The maximum absolute atomic E-state index is 13.1. The second kappa shape index (κ2) is 12.1. The van der Waals surface area contributed by atoms with Crippen molar-refractivity contribution in [1.29, 1.82) is 0 Å². The summed E-state index contributed by atoms with van der Waals surface area (Å²) in [4.78, 5) is 44.1. The summed E-state index contributed by atoms with van der Waals surface area (Å²) in [5, 5.41) is 3.79. The standard InChI is InChI=1S/C33H24ClN3O4S/c34-29-13-12-22(20-11-14-30(39)36-16-20)27(31(29)42-32-21(18-38)6-5-15-35-32)17-37-33(40)41-19-28-25-9-3-1-7-23(25)24-8-2-4-10-26(24)28/h1-16,18,28H,17,19H2,(H,36,39)(H,37,40). The molecule has 2 N–H and O–H groups in total. The number of alkyl carbamates (subject to hydrolysis) is 1. The number of carbonyl (C=O) groups is 2. The molecule has 2 aromatic heterocycles. The van der Waals surface area contributed by atoms with Gasteiger partial charge in [0.25, 0.3) is 0 Å². The smallest absolute Gasteiger partial charge is 0.407 e. The Morgan fingerprint density at radius 2 is 1.69 bits per heavy atom. The summed E-state index contributed by atoms with van der Waals surface area (Å²) in [5.41, 5.74) is 6.91. The van der Waals surface area contributed by atoms with Crippen LogP contribution < -0.4 is 10.9 Å². The minimum atomic E-state index is -0.577. The van der Waals surface area contributed by atoms with E-state index in [4.69, 9.17) is 16.3 Å². The number of H-pyrrole nitrogens is 1. The van der Waals surface area contributed by atoms with Crippen LogP contribution in [0.2, 0.25) is 5.02 Å². The number of nitrogens with zero attached hydrogens (tertiary/aromatic N) is 1. The van der Waals surface area contributed by atoms with E-state index >= 15 is 0 Å². The van der Waals surface area contributed by atoms with Gasteiger partial charge in [-0.25, -0.2) is 9.78 Å². The summed E-state index contributed by atoms with van der Waals surface area (Å²) in [6, 6.07) is 26.4. The second-order valence-electron chi connectivity index (χ2n) is 9.64. The summed E-state index contributed by atoms with van der Waals surface area (Å²) in [7, 11) is 0. The van der Waals surface area contributed by atoms with Gasteiger partial charge in [0, 0.05) is 41.4 Å². The van der Waals surface area contributed by atoms with E-state index in [1.165, 1.54) is 17.8 Å². The molecular formula is C33H24ClN3O4S. The van der Waals surface area contributed by atoms with Gasteiger partial charge in [-0.2, -0.15) is 0 Å². The minimum Gasteiger partial charge on any atom is -0.449 e. The highest BCUT2D eigenvalue weighted by atomic mass is 35.5. The van der Waals surface area contributed by atoms with Crippen LogP contribution in [0.25, 0.3) is 22.3 Å². The normalized spacial score (nSPS) is 11.9. The van der Waals surface area contributed by atoms with Crippen LogP contribution >= 0.6 is 23.4 Å². The molecule has 208 valence electrons. The molecule has 3 aromatic carbocycles. The SMILES string of the molecule is O=Cc1cccnc1Sc1c(Cl)ccc(-c2ccc(=O)[nH]c2)c1CNC(=O)OCC1c2ccccc2-c2ccccc21. The third-order valence-electron chi connectivity index (χ3n) is 7.19. The predicted molar refractivity (Wildman–Crippen MR) is 163 cm³/mol. The molecule has 1 aliphatic carbocycles. The molecule has 7 nitrogen and oxygen atoms in total. The van der Waals surface area contributed by atoms with Gasteiger partial charge < -0.3 is 15.0 Å². The summed E-state index contributed by atoms with van der Waals surface area (Å²) in [5.74, 6) is -0.0666. The Kier molecular flexibility index (Phi) is 7.90. The second-order valence-corrected chi connectivity index (χ2v) is 11.0. The highest BCUT2D eigenvalue weighted by Crippen LogP contribution is 2.44. The molecule has 0 unspecified atom stereocenters. The van der Waals surface area contributed by atoms with Crippen molar-refractivity contribution in [3.05, 3.63) is 135 Å². The largest absolute Gasteiger partial charge is 0.449 e. The summed E-state index contributed by atoms with van der Waals surface area (Å²) in [6.07, 6.45) is 3.37. The van der Waals surface area contributed by atoms with Crippen molar-refractivity contribution >= 4 is 35.7 Å². The van der Waals surface area contributed by atoms with E-state index in [1.807, 2.05) is 30.3 Å². The molecule has 5 aromatic rings. The lowest BCUT2D eigenvalue weighted by atomic mass is 9.98. The van der Waals surface area contributed by atoms with E-state index in [2.05, 4.69) is 39.6 Å². The fourth-order valence-corrected chi connectivity index (χ4v) is 6.52. The quantitative estimate of drug-likeness (QED) is 0.186. The van der Waals surface area contributed by atoms with Gasteiger partial charge in [0.1, 0.15) is 11.6 Å². The molecule has 6 rings (SSSR count). The van der Waals surface area contributed by atoms with Crippen molar-refractivity contribution in [3.63, 3.8) is 0 Å². The zero-order valence-electron chi connectivity index (χ0n) is 22.2. The van der Waals surface area contributed by atoms with Crippen LogP contribution in [0, 0.1) is 0 Å². The number of aldehydes is 1. The first-order valence-corrected chi connectivity index (χ1v) is 14.4. The Balaban J connectivity index is 1.27. The summed E-state index contributed by atoms with van der Waals surface area (Å²) in [6.45, 7) is 0.262. The molecule has 1 amide bonds. The topological polar surface area (TPSA) is 101 Å². The number of aromatic nitrogens is 2. The average Bonchev–Trinajstić information content (AvgIpc) is 3.34. The van der Waals surface area contributed by atoms with Gasteiger partial charge in [0.2, 0.25) is 5.56 Å². The Bertz CT molecular complexity index is 1810. The van der Waals surface area contributed by atoms with Crippen molar-refractivity contribution < 1.29 is 14.3 Å². The van der Waals surface area contributed by atoms with Gasteiger partial charge in [0.05, 0.1) is 5.02 Å². The number of halogens is 1. The number of fused-ring (bicyclic) bond motifs is 3. The number of carbonyl (C=O) groups excluding carboxylic acids is 2. The lowest BCUT2D eigenvalue weighted by molar-refractivity contribution is 0.112. The zero-order chi connectivity index (χ0) is 29.1. The van der Waals surface area contributed by atoms with Crippen molar-refractivity contribution in [2.24, 2.45) is 0 Å². The van der Waals surface area contributed by atoms with E-state index < -0.39 is 6.09 Å². The van der Waals surface area contributed by atoms with E-state index in [1.54, 1.807) is 36.7 Å². The van der Waals surface area contributed by atoms with Crippen LogP contribution in [0.15, 0.2) is 112 Å². The van der Waals surface area contributed by atoms with Crippen LogP contribution in [-0.2, 0) is 11.3 Å². The Morgan fingerprint density at radius 3 is 2.38 bits per heavy atom. The number of amides is 1. The fraction of sp³-hybridized carbons (Fsp3) is 0.0909. The van der Waals surface area contributed by atoms with E-state index in [0.717, 1.165) is 39.7 Å². The van der Waals surface area contributed by atoms with Gasteiger partial charge in [-0.15, -0.1) is 0 Å². The third-order valence-corrected chi connectivity index (χ3v) is 8.82. The zero-order valence-corrected chi connectivity index (χ0v) is 23.7. The molecular weight excluding hydrogens is 570 g/mol. The highest BCUT2D eigenvalue weighted by Gasteiger charge is 2.29. The predicted octanol–water partition coefficient (Wildman–Crippen LogP) is 7.09. The van der Waals surface area contributed by atoms with E-state index in [9.17, 15) is 14.4 Å². The number of ether oxygens (including phenoxy) is 1. The first-order valence-electron chi connectivity index (χ1n) is 13.2. The number of rotatable bonds is 8. The highest BCUT2D eigenvalue weighted by molar-refractivity contribution is 7.99. The van der Waals surface area contributed by atoms with Crippen molar-refractivity contribution in [2.75, 3.05) is 6.61 Å². The molecule has 42 heavy (non-hydrogen) atoms. The molecule has 0 atom stereocenters. The third kappa shape index (κ3) is 5.46. The maximum Gasteiger partial charge on any atom is 0.407 e. The average molecular weight is 594 g/mol. The van der Waals surface area contributed by atoms with Gasteiger partial charge in [-0.05, 0) is 63.2 Å². The molecule has 0 bridgehead atoms. The lowest BCUT2D eigenvalue weighted by Crippen LogP contribution is -2.26. The summed E-state index contributed by atoms with van der Waals surface area (Å²) >= 11 is 7.91. The number of hydrogen-bond acceptors (Lipinski definition) is 6. The van der Waals surface area contributed by atoms with Crippen molar-refractivity contribution in [1.82, 2.24) is 15.3 Å². The number of benzene rings is 3. The molecule has 0 saturated carbocycles. The van der Waals surface area contributed by atoms with Gasteiger partial charge >= 0.3 is 6.09 Å². The Labute approximate surface area is 250 Å². The number of nitrogens with one attached hydrogen (secondary N) is 2. The van der Waals surface area contributed by atoms with Crippen molar-refractivity contribution in [2.45, 2.75) is 22.4 Å². The first kappa shape index (κ1) is 27.5.